The van der Waals surface area contributed by atoms with E-state index in [-0.39, 0.29) is 5.82 Å². The van der Waals surface area contributed by atoms with Crippen molar-refractivity contribution in [3.05, 3.63) is 66.2 Å². The molecule has 1 aromatic heterocycles. The van der Waals surface area contributed by atoms with Crippen LogP contribution in [0.25, 0.3) is 16.8 Å². The minimum Gasteiger partial charge on any atom is -0.370 e. The molecule has 3 nitrogen and oxygen atoms in total. The lowest BCUT2D eigenvalue weighted by atomic mass is 10.1. The lowest BCUT2D eigenvalue weighted by molar-refractivity contribution is 0.627. The SMILES string of the molecule is Cc1c(-c2ccc(N3CCSCC3)cc2)cnn1-c1ccc(F)cc1. The van der Waals surface area contributed by atoms with Gasteiger partial charge in [-0.15, -0.1) is 0 Å². The molecular formula is C20H20FN3S. The van der Waals surface area contributed by atoms with E-state index >= 15 is 0 Å². The molecule has 0 N–H and O–H groups in total. The molecule has 128 valence electrons. The molecule has 0 bridgehead atoms. The molecule has 0 amide bonds. The Balaban J connectivity index is 1.60. The summed E-state index contributed by atoms with van der Waals surface area (Å²) in [6, 6.07) is 15.1. The van der Waals surface area contributed by atoms with Crippen LogP contribution >= 0.6 is 11.8 Å². The van der Waals surface area contributed by atoms with Gasteiger partial charge >= 0.3 is 0 Å². The quantitative estimate of drug-likeness (QED) is 0.690. The van der Waals surface area contributed by atoms with Gasteiger partial charge in [0, 0.05) is 41.5 Å². The van der Waals surface area contributed by atoms with E-state index in [1.54, 1.807) is 12.1 Å². The van der Waals surface area contributed by atoms with Gasteiger partial charge in [-0.2, -0.15) is 16.9 Å². The third kappa shape index (κ3) is 3.29. The van der Waals surface area contributed by atoms with E-state index in [0.717, 1.165) is 35.6 Å². The Bertz CT molecular complexity index is 850. The zero-order valence-corrected chi connectivity index (χ0v) is 15.0. The minimum absolute atomic E-state index is 0.236. The van der Waals surface area contributed by atoms with Gasteiger partial charge in [0.1, 0.15) is 5.82 Å². The lowest BCUT2D eigenvalue weighted by Gasteiger charge is -2.28. The predicted octanol–water partition coefficient (Wildman–Crippen LogP) is 4.54. The molecule has 1 saturated heterocycles. The average molecular weight is 353 g/mol. The fourth-order valence-electron chi connectivity index (χ4n) is 3.21. The summed E-state index contributed by atoms with van der Waals surface area (Å²) in [5, 5.41) is 4.49. The van der Waals surface area contributed by atoms with E-state index in [2.05, 4.69) is 34.3 Å². The maximum atomic E-state index is 13.1. The second kappa shape index (κ2) is 6.92. The van der Waals surface area contributed by atoms with Crippen molar-refractivity contribution in [2.45, 2.75) is 6.92 Å². The maximum Gasteiger partial charge on any atom is 0.123 e. The van der Waals surface area contributed by atoms with Gasteiger partial charge in [-0.1, -0.05) is 12.1 Å². The van der Waals surface area contributed by atoms with Gasteiger partial charge in [0.05, 0.1) is 11.9 Å². The van der Waals surface area contributed by atoms with Crippen LogP contribution in [-0.4, -0.2) is 34.4 Å². The van der Waals surface area contributed by atoms with Crippen LogP contribution in [0.2, 0.25) is 0 Å². The van der Waals surface area contributed by atoms with E-state index in [1.165, 1.54) is 29.3 Å². The van der Waals surface area contributed by atoms with Crippen LogP contribution in [0.5, 0.6) is 0 Å². The molecule has 0 saturated carbocycles. The highest BCUT2D eigenvalue weighted by molar-refractivity contribution is 7.99. The molecule has 4 rings (SSSR count). The van der Waals surface area contributed by atoms with Crippen molar-refractivity contribution < 1.29 is 4.39 Å². The van der Waals surface area contributed by atoms with Crippen LogP contribution in [-0.2, 0) is 0 Å². The number of nitrogens with zero attached hydrogens (tertiary/aromatic N) is 3. The van der Waals surface area contributed by atoms with Gasteiger partial charge in [-0.25, -0.2) is 9.07 Å². The fourth-order valence-corrected chi connectivity index (χ4v) is 4.11. The van der Waals surface area contributed by atoms with Crippen LogP contribution in [0.1, 0.15) is 5.69 Å². The Morgan fingerprint density at radius 2 is 1.56 bits per heavy atom. The highest BCUT2D eigenvalue weighted by Gasteiger charge is 2.13. The molecule has 0 spiro atoms. The largest absolute Gasteiger partial charge is 0.370 e. The first kappa shape index (κ1) is 16.2. The van der Waals surface area contributed by atoms with Gasteiger partial charge in [0.25, 0.3) is 0 Å². The first-order valence-corrected chi connectivity index (χ1v) is 9.61. The predicted molar refractivity (Wildman–Crippen MR) is 103 cm³/mol. The number of rotatable bonds is 3. The molecule has 1 fully saturated rings. The van der Waals surface area contributed by atoms with Crippen molar-refractivity contribution in [2.24, 2.45) is 0 Å². The number of hydrogen-bond donors (Lipinski definition) is 0. The third-order valence-electron chi connectivity index (χ3n) is 4.64. The molecule has 1 aliphatic rings. The summed E-state index contributed by atoms with van der Waals surface area (Å²) in [4.78, 5) is 2.44. The Labute approximate surface area is 151 Å². The topological polar surface area (TPSA) is 21.1 Å². The molecule has 5 heteroatoms. The smallest absolute Gasteiger partial charge is 0.123 e. The number of hydrogen-bond acceptors (Lipinski definition) is 3. The molecule has 2 heterocycles. The standard InChI is InChI=1S/C20H20FN3S/c1-15-20(14-22-24(15)19-8-4-17(21)5-9-19)16-2-6-18(7-3-16)23-10-12-25-13-11-23/h2-9,14H,10-13H2,1H3. The number of benzene rings is 2. The van der Waals surface area contributed by atoms with Crippen molar-refractivity contribution in [1.82, 2.24) is 9.78 Å². The summed E-state index contributed by atoms with van der Waals surface area (Å²) >= 11 is 2.02. The summed E-state index contributed by atoms with van der Waals surface area (Å²) in [5.41, 5.74) is 5.46. The third-order valence-corrected chi connectivity index (χ3v) is 5.58. The monoisotopic (exact) mass is 353 g/mol. The maximum absolute atomic E-state index is 13.1. The Morgan fingerprint density at radius 3 is 2.24 bits per heavy atom. The molecule has 0 atom stereocenters. The Hall–Kier alpha value is -2.27. The Morgan fingerprint density at radius 1 is 0.920 bits per heavy atom. The minimum atomic E-state index is -0.236. The molecule has 3 aromatic rings. The zero-order valence-electron chi connectivity index (χ0n) is 14.2. The van der Waals surface area contributed by atoms with Crippen molar-refractivity contribution in [2.75, 3.05) is 29.5 Å². The van der Waals surface area contributed by atoms with Crippen LogP contribution < -0.4 is 4.90 Å². The van der Waals surface area contributed by atoms with E-state index < -0.39 is 0 Å². The number of thioether (sulfide) groups is 1. The molecule has 0 radical (unpaired) electrons. The van der Waals surface area contributed by atoms with Crippen molar-refractivity contribution in [3.8, 4) is 16.8 Å². The fraction of sp³-hybridized carbons (Fsp3) is 0.250. The van der Waals surface area contributed by atoms with Crippen molar-refractivity contribution >= 4 is 17.4 Å². The lowest BCUT2D eigenvalue weighted by Crippen LogP contribution is -2.32. The van der Waals surface area contributed by atoms with Crippen LogP contribution in [0.3, 0.4) is 0 Å². The van der Waals surface area contributed by atoms with Crippen LogP contribution in [0.4, 0.5) is 10.1 Å². The summed E-state index contributed by atoms with van der Waals surface area (Å²) in [6.07, 6.45) is 1.88. The highest BCUT2D eigenvalue weighted by atomic mass is 32.2. The molecule has 2 aromatic carbocycles. The normalized spacial score (nSPS) is 14.7. The van der Waals surface area contributed by atoms with Crippen LogP contribution in [0, 0.1) is 12.7 Å². The highest BCUT2D eigenvalue weighted by Crippen LogP contribution is 2.28. The Kier molecular flexibility index (Phi) is 4.49. The molecule has 25 heavy (non-hydrogen) atoms. The molecule has 0 aliphatic carbocycles. The zero-order chi connectivity index (χ0) is 17.2. The van der Waals surface area contributed by atoms with E-state index in [1.807, 2.05) is 29.6 Å². The first-order chi connectivity index (χ1) is 12.2. The van der Waals surface area contributed by atoms with E-state index in [4.69, 9.17) is 0 Å². The van der Waals surface area contributed by atoms with Gasteiger partial charge < -0.3 is 4.90 Å². The summed E-state index contributed by atoms with van der Waals surface area (Å²) in [5.74, 6) is 2.16. The van der Waals surface area contributed by atoms with E-state index in [9.17, 15) is 4.39 Å². The summed E-state index contributed by atoms with van der Waals surface area (Å²) in [7, 11) is 0. The summed E-state index contributed by atoms with van der Waals surface area (Å²) in [6.45, 7) is 4.28. The first-order valence-electron chi connectivity index (χ1n) is 8.46. The van der Waals surface area contributed by atoms with Gasteiger partial charge in [-0.05, 0) is 48.9 Å². The number of aromatic nitrogens is 2. The number of halogens is 1. The van der Waals surface area contributed by atoms with Gasteiger partial charge in [-0.3, -0.25) is 0 Å². The van der Waals surface area contributed by atoms with Gasteiger partial charge in [0.15, 0.2) is 0 Å². The second-order valence-corrected chi connectivity index (χ2v) is 7.40. The molecular weight excluding hydrogens is 333 g/mol. The summed E-state index contributed by atoms with van der Waals surface area (Å²) < 4.78 is 15.0. The van der Waals surface area contributed by atoms with Gasteiger partial charge in [0.2, 0.25) is 0 Å². The van der Waals surface area contributed by atoms with Crippen LogP contribution in [0.15, 0.2) is 54.7 Å². The van der Waals surface area contributed by atoms with Crippen molar-refractivity contribution in [3.63, 3.8) is 0 Å². The number of anilines is 1. The second-order valence-electron chi connectivity index (χ2n) is 6.18. The van der Waals surface area contributed by atoms with Crippen molar-refractivity contribution in [1.29, 1.82) is 0 Å². The molecule has 0 unspecified atom stereocenters. The van der Waals surface area contributed by atoms with E-state index in [0.29, 0.717) is 0 Å². The molecule has 1 aliphatic heterocycles. The average Bonchev–Trinajstić information content (AvgIpc) is 3.05.